The van der Waals surface area contributed by atoms with E-state index in [4.69, 9.17) is 9.47 Å². The number of ether oxygens (including phenoxy) is 2. The van der Waals surface area contributed by atoms with Gasteiger partial charge >= 0.3 is 5.97 Å². The minimum absolute atomic E-state index is 0.0114. The summed E-state index contributed by atoms with van der Waals surface area (Å²) in [5.74, 6) is -0.780. The second-order valence-electron chi connectivity index (χ2n) is 6.30. The third-order valence-corrected chi connectivity index (χ3v) is 4.42. The average molecular weight is 379 g/mol. The van der Waals surface area contributed by atoms with Gasteiger partial charge in [0.15, 0.2) is 12.0 Å². The number of rotatable bonds is 5. The maximum Gasteiger partial charge on any atom is 0.360 e. The van der Waals surface area contributed by atoms with Crippen LogP contribution >= 0.6 is 0 Å². The number of carbonyl (C=O) groups excluding carboxylic acids is 1. The van der Waals surface area contributed by atoms with Crippen molar-refractivity contribution in [2.75, 3.05) is 6.61 Å². The highest BCUT2D eigenvalue weighted by molar-refractivity contribution is 5.88. The summed E-state index contributed by atoms with van der Waals surface area (Å²) < 4.78 is 11.6. The van der Waals surface area contributed by atoms with Gasteiger partial charge in [-0.2, -0.15) is 0 Å². The molecule has 10 heteroatoms. The highest BCUT2D eigenvalue weighted by Gasteiger charge is 2.43. The van der Waals surface area contributed by atoms with Crippen LogP contribution in [-0.2, 0) is 16.0 Å². The molecule has 4 N–H and O–H groups in total. The second-order valence-corrected chi connectivity index (χ2v) is 6.30. The molecule has 0 amide bonds. The van der Waals surface area contributed by atoms with Crippen LogP contribution in [0, 0.1) is 6.92 Å². The van der Waals surface area contributed by atoms with Crippen LogP contribution in [0.15, 0.2) is 30.3 Å². The van der Waals surface area contributed by atoms with Crippen LogP contribution in [-0.4, -0.2) is 78.7 Å². The molecule has 0 spiro atoms. The molecule has 2 aromatic rings. The first-order valence-electron chi connectivity index (χ1n) is 8.37. The molecule has 0 saturated carbocycles. The van der Waals surface area contributed by atoms with Gasteiger partial charge in [0, 0.05) is 0 Å². The molecule has 1 aliphatic heterocycles. The number of nitrogens with zero attached hydrogens (tertiary/aromatic N) is 3. The molecule has 1 saturated heterocycles. The zero-order chi connectivity index (χ0) is 19.6. The fraction of sp³-hybridized carbons (Fsp3) is 0.471. The highest BCUT2D eigenvalue weighted by atomic mass is 16.6. The molecular formula is C17H21N3O7. The molecule has 0 bridgehead atoms. The Balaban J connectivity index is 1.62. The lowest BCUT2D eigenvalue weighted by Gasteiger charge is -2.37. The zero-order valence-electron chi connectivity index (χ0n) is 14.5. The third-order valence-electron chi connectivity index (χ3n) is 4.42. The number of benzene rings is 1. The molecule has 0 aliphatic carbocycles. The molecule has 1 aromatic heterocycles. The second kappa shape index (κ2) is 8.11. The molecule has 0 radical (unpaired) electrons. The van der Waals surface area contributed by atoms with Crippen molar-refractivity contribution in [2.45, 2.75) is 44.2 Å². The predicted octanol–water partition coefficient (Wildman–Crippen LogP) is -1.41. The minimum atomic E-state index is -1.69. The van der Waals surface area contributed by atoms with Gasteiger partial charge in [-0.3, -0.25) is 0 Å². The molecule has 5 atom stereocenters. The van der Waals surface area contributed by atoms with Crippen LogP contribution in [0.3, 0.4) is 0 Å². The van der Waals surface area contributed by atoms with Crippen LogP contribution in [0.5, 0.6) is 0 Å². The lowest BCUT2D eigenvalue weighted by atomic mass is 9.99. The third kappa shape index (κ3) is 4.15. The quantitative estimate of drug-likeness (QED) is 0.460. The summed E-state index contributed by atoms with van der Waals surface area (Å²) in [6.07, 6.45) is -7.67. The van der Waals surface area contributed by atoms with Crippen LogP contribution in [0.2, 0.25) is 0 Å². The fourth-order valence-electron chi connectivity index (χ4n) is 2.75. The van der Waals surface area contributed by atoms with E-state index in [0.29, 0.717) is 12.2 Å². The number of carbonyl (C=O) groups is 1. The van der Waals surface area contributed by atoms with Crippen LogP contribution in [0.1, 0.15) is 21.7 Å². The van der Waals surface area contributed by atoms with E-state index < -0.39 is 43.3 Å². The molecule has 3 rings (SSSR count). The Labute approximate surface area is 154 Å². The molecule has 146 valence electrons. The Morgan fingerprint density at radius 1 is 1.15 bits per heavy atom. The van der Waals surface area contributed by atoms with Crippen LogP contribution in [0.4, 0.5) is 0 Å². The summed E-state index contributed by atoms with van der Waals surface area (Å²) in [5, 5.41) is 46.2. The standard InChI is InChI=1S/C17H21N3O7/c1-9-12(18-19-20(9)7-10-5-3-2-4-6-10)16(24)26-8-11-13(21)14(22)15(23)17(25)27-11/h2-6,11,13-15,17,21-23,25H,7-8H2,1H3/t11-,13+,14+,15-,17+/m1/s1. The Morgan fingerprint density at radius 3 is 2.56 bits per heavy atom. The fourth-order valence-corrected chi connectivity index (χ4v) is 2.75. The molecule has 10 nitrogen and oxygen atoms in total. The Kier molecular flexibility index (Phi) is 5.82. The lowest BCUT2D eigenvalue weighted by molar-refractivity contribution is -0.286. The first kappa shape index (κ1) is 19.4. The van der Waals surface area contributed by atoms with Gasteiger partial charge in [-0.05, 0) is 12.5 Å². The van der Waals surface area contributed by atoms with Crippen molar-refractivity contribution in [1.29, 1.82) is 0 Å². The monoisotopic (exact) mass is 379 g/mol. The molecule has 1 fully saturated rings. The Bertz CT molecular complexity index is 782. The summed E-state index contributed by atoms with van der Waals surface area (Å²) in [6, 6.07) is 9.53. The summed E-state index contributed by atoms with van der Waals surface area (Å²) in [4.78, 5) is 12.3. The SMILES string of the molecule is Cc1c(C(=O)OC[C@H]2O[C@H](O)[C@H](O)[C@@H](O)[C@H]2O)nnn1Cc1ccccc1. The lowest BCUT2D eigenvalue weighted by Crippen LogP contribution is -2.58. The maximum absolute atomic E-state index is 12.3. The van der Waals surface area contributed by atoms with Gasteiger partial charge in [0.05, 0.1) is 12.2 Å². The van der Waals surface area contributed by atoms with Gasteiger partial charge in [-0.25, -0.2) is 9.48 Å². The van der Waals surface area contributed by atoms with Gasteiger partial charge in [-0.1, -0.05) is 35.5 Å². The molecule has 0 unspecified atom stereocenters. The van der Waals surface area contributed by atoms with Crippen molar-refractivity contribution in [2.24, 2.45) is 0 Å². The van der Waals surface area contributed by atoms with Gasteiger partial charge in [0.2, 0.25) is 0 Å². The summed E-state index contributed by atoms with van der Waals surface area (Å²) in [7, 11) is 0. The van der Waals surface area contributed by atoms with Crippen molar-refractivity contribution in [3.05, 3.63) is 47.3 Å². The average Bonchev–Trinajstić information content (AvgIpc) is 3.03. The van der Waals surface area contributed by atoms with E-state index in [2.05, 4.69) is 10.3 Å². The molecule has 1 aromatic carbocycles. The van der Waals surface area contributed by atoms with Crippen molar-refractivity contribution < 1.29 is 34.7 Å². The van der Waals surface area contributed by atoms with Crippen LogP contribution in [0.25, 0.3) is 0 Å². The number of aliphatic hydroxyl groups excluding tert-OH is 4. The van der Waals surface area contributed by atoms with Gasteiger partial charge < -0.3 is 29.9 Å². The van der Waals surface area contributed by atoms with Crippen LogP contribution < -0.4 is 0 Å². The minimum Gasteiger partial charge on any atom is -0.458 e. The number of esters is 1. The van der Waals surface area contributed by atoms with Gasteiger partial charge in [-0.15, -0.1) is 5.10 Å². The van der Waals surface area contributed by atoms with E-state index in [9.17, 15) is 25.2 Å². The van der Waals surface area contributed by atoms with E-state index in [1.54, 1.807) is 11.6 Å². The number of aliphatic hydroxyl groups is 4. The number of hydrogen-bond donors (Lipinski definition) is 4. The van der Waals surface area contributed by atoms with Crippen molar-refractivity contribution in [1.82, 2.24) is 15.0 Å². The molecule has 2 heterocycles. The van der Waals surface area contributed by atoms with Crippen molar-refractivity contribution >= 4 is 5.97 Å². The topological polar surface area (TPSA) is 147 Å². The normalized spacial score (nSPS) is 28.1. The molecule has 1 aliphatic rings. The van der Waals surface area contributed by atoms with Gasteiger partial charge in [0.25, 0.3) is 0 Å². The largest absolute Gasteiger partial charge is 0.458 e. The highest BCUT2D eigenvalue weighted by Crippen LogP contribution is 2.20. The maximum atomic E-state index is 12.3. The summed E-state index contributed by atoms with van der Waals surface area (Å²) >= 11 is 0. The van der Waals surface area contributed by atoms with Gasteiger partial charge in [0.1, 0.15) is 31.0 Å². The Morgan fingerprint density at radius 2 is 1.85 bits per heavy atom. The van der Waals surface area contributed by atoms with Crippen molar-refractivity contribution in [3.63, 3.8) is 0 Å². The van der Waals surface area contributed by atoms with E-state index in [-0.39, 0.29) is 5.69 Å². The predicted molar refractivity (Wildman–Crippen MR) is 89.5 cm³/mol. The molecular weight excluding hydrogens is 358 g/mol. The summed E-state index contributed by atoms with van der Waals surface area (Å²) in [6.45, 7) is 1.68. The smallest absolute Gasteiger partial charge is 0.360 e. The molecule has 27 heavy (non-hydrogen) atoms. The number of hydrogen-bond acceptors (Lipinski definition) is 9. The number of aromatic nitrogens is 3. The first-order valence-corrected chi connectivity index (χ1v) is 8.37. The zero-order valence-corrected chi connectivity index (χ0v) is 14.5. The van der Waals surface area contributed by atoms with Crippen molar-refractivity contribution in [3.8, 4) is 0 Å². The Hall–Kier alpha value is -2.37. The van der Waals surface area contributed by atoms with E-state index >= 15 is 0 Å². The van der Waals surface area contributed by atoms with E-state index in [1.807, 2.05) is 30.3 Å². The first-order chi connectivity index (χ1) is 12.9. The summed E-state index contributed by atoms with van der Waals surface area (Å²) in [5.41, 5.74) is 1.51. The van der Waals surface area contributed by atoms with E-state index in [1.165, 1.54) is 0 Å². The van der Waals surface area contributed by atoms with E-state index in [0.717, 1.165) is 5.56 Å².